The van der Waals surface area contributed by atoms with Gasteiger partial charge in [-0.3, -0.25) is 0 Å². The van der Waals surface area contributed by atoms with Gasteiger partial charge >= 0.3 is 6.09 Å². The summed E-state index contributed by atoms with van der Waals surface area (Å²) < 4.78 is 18.3. The second kappa shape index (κ2) is 11.9. The van der Waals surface area contributed by atoms with E-state index in [1.54, 1.807) is 6.07 Å². The van der Waals surface area contributed by atoms with Crippen LogP contribution in [0.25, 0.3) is 0 Å². The second-order valence-electron chi connectivity index (χ2n) is 6.18. The van der Waals surface area contributed by atoms with Crippen molar-refractivity contribution in [1.82, 2.24) is 16.0 Å². The molecule has 25 heavy (non-hydrogen) atoms. The predicted octanol–water partition coefficient (Wildman–Crippen LogP) is 3.02. The summed E-state index contributed by atoms with van der Waals surface area (Å²) in [6.45, 7) is 9.36. The highest BCUT2D eigenvalue weighted by molar-refractivity contribution is 14.0. The summed E-state index contributed by atoms with van der Waals surface area (Å²) in [4.78, 5) is 15.9. The number of aliphatic imine (C=N–C) groups is 1. The van der Waals surface area contributed by atoms with Crippen LogP contribution >= 0.6 is 24.0 Å². The number of rotatable bonds is 6. The number of benzene rings is 1. The van der Waals surface area contributed by atoms with E-state index in [1.807, 2.05) is 33.8 Å². The van der Waals surface area contributed by atoms with Crippen LogP contribution in [0.2, 0.25) is 0 Å². The number of hydrogen-bond acceptors (Lipinski definition) is 3. The number of nitrogens with one attached hydrogen (secondary N) is 3. The maximum atomic E-state index is 13.1. The van der Waals surface area contributed by atoms with Crippen molar-refractivity contribution in [2.24, 2.45) is 4.99 Å². The topological polar surface area (TPSA) is 74.8 Å². The largest absolute Gasteiger partial charge is 0.444 e. The average molecular weight is 466 g/mol. The van der Waals surface area contributed by atoms with E-state index in [2.05, 4.69) is 20.9 Å². The van der Waals surface area contributed by atoms with Crippen molar-refractivity contribution in [1.29, 1.82) is 0 Å². The molecule has 0 aliphatic heterocycles. The Labute approximate surface area is 166 Å². The minimum Gasteiger partial charge on any atom is -0.444 e. The highest BCUT2D eigenvalue weighted by Crippen LogP contribution is 2.06. The smallest absolute Gasteiger partial charge is 0.407 e. The molecule has 0 unspecified atom stereocenters. The molecule has 0 saturated heterocycles. The number of ether oxygens (including phenoxy) is 1. The maximum absolute atomic E-state index is 13.1. The number of nitrogens with zero attached hydrogens (tertiary/aromatic N) is 1. The van der Waals surface area contributed by atoms with Gasteiger partial charge in [-0.1, -0.05) is 12.1 Å². The SMILES string of the molecule is CCNC(=NCc1cccc(F)c1)NCCNC(=O)OC(C)(C)C.I. The van der Waals surface area contributed by atoms with E-state index >= 15 is 0 Å². The van der Waals surface area contributed by atoms with E-state index in [-0.39, 0.29) is 29.8 Å². The Bertz CT molecular complexity index is 562. The normalized spacial score (nSPS) is 11.3. The molecular weight excluding hydrogens is 438 g/mol. The highest BCUT2D eigenvalue weighted by atomic mass is 127. The molecule has 0 bridgehead atoms. The van der Waals surface area contributed by atoms with Crippen LogP contribution in [0.15, 0.2) is 29.3 Å². The molecule has 142 valence electrons. The average Bonchev–Trinajstić information content (AvgIpc) is 2.47. The Morgan fingerprint density at radius 2 is 1.88 bits per heavy atom. The van der Waals surface area contributed by atoms with Crippen LogP contribution in [0.5, 0.6) is 0 Å². The highest BCUT2D eigenvalue weighted by Gasteiger charge is 2.15. The van der Waals surface area contributed by atoms with E-state index in [0.717, 1.165) is 5.56 Å². The molecule has 0 heterocycles. The molecule has 0 aromatic heterocycles. The molecule has 8 heteroatoms. The van der Waals surface area contributed by atoms with Gasteiger partial charge in [-0.25, -0.2) is 14.2 Å². The molecular formula is C17H28FIN4O2. The van der Waals surface area contributed by atoms with Gasteiger partial charge < -0.3 is 20.7 Å². The third kappa shape index (κ3) is 11.6. The fourth-order valence-corrected chi connectivity index (χ4v) is 1.81. The summed E-state index contributed by atoms with van der Waals surface area (Å²) in [5, 5.41) is 8.86. The van der Waals surface area contributed by atoms with E-state index in [0.29, 0.717) is 32.1 Å². The molecule has 1 amide bonds. The van der Waals surface area contributed by atoms with Crippen molar-refractivity contribution in [2.75, 3.05) is 19.6 Å². The Kier molecular flexibility index (Phi) is 11.1. The first kappa shape index (κ1) is 23.4. The molecule has 1 aromatic carbocycles. The van der Waals surface area contributed by atoms with E-state index in [4.69, 9.17) is 4.74 Å². The van der Waals surface area contributed by atoms with Gasteiger partial charge in [-0.2, -0.15) is 0 Å². The van der Waals surface area contributed by atoms with Gasteiger partial charge in [0.2, 0.25) is 0 Å². The molecule has 0 saturated carbocycles. The van der Waals surface area contributed by atoms with Crippen LogP contribution < -0.4 is 16.0 Å². The fourth-order valence-electron chi connectivity index (χ4n) is 1.81. The summed E-state index contributed by atoms with van der Waals surface area (Å²) in [6, 6.07) is 6.33. The van der Waals surface area contributed by atoms with Crippen LogP contribution in [0.3, 0.4) is 0 Å². The van der Waals surface area contributed by atoms with Crippen molar-refractivity contribution in [3.05, 3.63) is 35.6 Å². The molecule has 0 aliphatic carbocycles. The first-order chi connectivity index (χ1) is 11.3. The zero-order chi connectivity index (χ0) is 18.0. The van der Waals surface area contributed by atoms with E-state index in [9.17, 15) is 9.18 Å². The number of halogens is 2. The molecule has 0 atom stereocenters. The molecule has 6 nitrogen and oxygen atoms in total. The number of carbonyl (C=O) groups excluding carboxylic acids is 1. The summed E-state index contributed by atoms with van der Waals surface area (Å²) in [6.07, 6.45) is -0.453. The first-order valence-electron chi connectivity index (χ1n) is 8.03. The van der Waals surface area contributed by atoms with Gasteiger partial charge in [0.05, 0.1) is 6.54 Å². The molecule has 0 spiro atoms. The summed E-state index contributed by atoms with van der Waals surface area (Å²) in [5.74, 6) is 0.329. The van der Waals surface area contributed by atoms with Gasteiger partial charge in [-0.05, 0) is 45.4 Å². The Morgan fingerprint density at radius 1 is 1.20 bits per heavy atom. The summed E-state index contributed by atoms with van der Waals surface area (Å²) in [5.41, 5.74) is 0.276. The van der Waals surface area contributed by atoms with Gasteiger partial charge in [0.15, 0.2) is 5.96 Å². The van der Waals surface area contributed by atoms with Gasteiger partial charge in [0, 0.05) is 19.6 Å². The van der Waals surface area contributed by atoms with Crippen molar-refractivity contribution < 1.29 is 13.9 Å². The van der Waals surface area contributed by atoms with E-state index < -0.39 is 11.7 Å². The molecule has 1 aromatic rings. The van der Waals surface area contributed by atoms with Crippen molar-refractivity contribution in [3.63, 3.8) is 0 Å². The van der Waals surface area contributed by atoms with Gasteiger partial charge in [0.25, 0.3) is 0 Å². The zero-order valence-corrected chi connectivity index (χ0v) is 17.5. The number of guanidine groups is 1. The Morgan fingerprint density at radius 3 is 2.48 bits per heavy atom. The molecule has 1 rings (SSSR count). The second-order valence-corrected chi connectivity index (χ2v) is 6.18. The van der Waals surface area contributed by atoms with E-state index in [1.165, 1.54) is 12.1 Å². The molecule has 3 N–H and O–H groups in total. The summed E-state index contributed by atoms with van der Waals surface area (Å²) in [7, 11) is 0. The standard InChI is InChI=1S/C17H27FN4O2.HI/c1-5-19-15(22-12-13-7-6-8-14(18)11-13)20-9-10-21-16(23)24-17(2,3)4;/h6-8,11H,5,9-10,12H2,1-4H3,(H,21,23)(H2,19,20,22);1H. The van der Waals surface area contributed by atoms with Crippen LogP contribution in [0, 0.1) is 5.82 Å². The van der Waals surface area contributed by atoms with Crippen molar-refractivity contribution >= 4 is 36.0 Å². The van der Waals surface area contributed by atoms with Crippen molar-refractivity contribution in [3.8, 4) is 0 Å². The molecule has 0 fully saturated rings. The third-order valence-electron chi connectivity index (χ3n) is 2.74. The molecule has 0 radical (unpaired) electrons. The zero-order valence-electron chi connectivity index (χ0n) is 15.2. The van der Waals surface area contributed by atoms with Crippen LogP contribution in [-0.2, 0) is 11.3 Å². The number of carbonyl (C=O) groups is 1. The lowest BCUT2D eigenvalue weighted by Gasteiger charge is -2.19. The monoisotopic (exact) mass is 466 g/mol. The molecule has 0 aliphatic rings. The van der Waals surface area contributed by atoms with Crippen LogP contribution in [-0.4, -0.2) is 37.3 Å². The maximum Gasteiger partial charge on any atom is 0.407 e. The lowest BCUT2D eigenvalue weighted by molar-refractivity contribution is 0.0529. The van der Waals surface area contributed by atoms with Gasteiger partial charge in [0.1, 0.15) is 11.4 Å². The minimum absolute atomic E-state index is 0. The lowest BCUT2D eigenvalue weighted by atomic mass is 10.2. The first-order valence-corrected chi connectivity index (χ1v) is 8.03. The Hall–Kier alpha value is -1.58. The number of alkyl carbamates (subject to hydrolysis) is 1. The minimum atomic E-state index is -0.515. The Balaban J connectivity index is 0.00000576. The third-order valence-corrected chi connectivity index (χ3v) is 2.74. The fraction of sp³-hybridized carbons (Fsp3) is 0.529. The van der Waals surface area contributed by atoms with Gasteiger partial charge in [-0.15, -0.1) is 24.0 Å². The van der Waals surface area contributed by atoms with Crippen molar-refractivity contribution in [2.45, 2.75) is 39.8 Å². The number of amides is 1. The predicted molar refractivity (Wildman–Crippen MR) is 109 cm³/mol. The van der Waals surface area contributed by atoms with Crippen LogP contribution in [0.1, 0.15) is 33.3 Å². The number of hydrogen-bond donors (Lipinski definition) is 3. The quantitative estimate of drug-likeness (QED) is 0.261. The van der Waals surface area contributed by atoms with Crippen LogP contribution in [0.4, 0.5) is 9.18 Å². The lowest BCUT2D eigenvalue weighted by Crippen LogP contribution is -2.42. The summed E-state index contributed by atoms with van der Waals surface area (Å²) >= 11 is 0.